The fourth-order valence-electron chi connectivity index (χ4n) is 2.42. The monoisotopic (exact) mass is 309 g/mol. The number of thiazole rings is 1. The molecular formula is C15H11N5OS. The smallest absolute Gasteiger partial charge is 0.254 e. The normalized spacial score (nSPS) is 11.3. The number of aryl methyl sites for hydroxylation is 1. The summed E-state index contributed by atoms with van der Waals surface area (Å²) in [5.41, 5.74) is 8.95. The van der Waals surface area contributed by atoms with Crippen molar-refractivity contribution < 1.29 is 4.79 Å². The summed E-state index contributed by atoms with van der Waals surface area (Å²) < 4.78 is 2.72. The molecule has 108 valence electrons. The van der Waals surface area contributed by atoms with Gasteiger partial charge in [-0.15, -0.1) is 11.3 Å². The van der Waals surface area contributed by atoms with Gasteiger partial charge >= 0.3 is 0 Å². The molecule has 0 saturated heterocycles. The second kappa shape index (κ2) is 4.60. The molecule has 7 heteroatoms. The topological polar surface area (TPSA) is 86.2 Å². The number of rotatable bonds is 2. The van der Waals surface area contributed by atoms with Crippen LogP contribution >= 0.6 is 11.3 Å². The molecule has 22 heavy (non-hydrogen) atoms. The molecule has 1 aromatic carbocycles. The third-order valence-corrected chi connectivity index (χ3v) is 4.40. The number of primary amides is 1. The zero-order valence-electron chi connectivity index (χ0n) is 11.6. The third-order valence-electron chi connectivity index (χ3n) is 3.45. The molecule has 3 aromatic heterocycles. The lowest BCUT2D eigenvalue weighted by Gasteiger charge is -2.02. The van der Waals surface area contributed by atoms with E-state index in [-0.39, 0.29) is 0 Å². The van der Waals surface area contributed by atoms with E-state index < -0.39 is 5.91 Å². The van der Waals surface area contributed by atoms with Gasteiger partial charge in [0.25, 0.3) is 5.91 Å². The van der Waals surface area contributed by atoms with Crippen molar-refractivity contribution in [2.45, 2.75) is 6.92 Å². The van der Waals surface area contributed by atoms with Gasteiger partial charge in [0.2, 0.25) is 0 Å². The number of hydrogen-bond donors (Lipinski definition) is 1. The molecule has 2 N–H and O–H groups in total. The van der Waals surface area contributed by atoms with Gasteiger partial charge in [0.15, 0.2) is 5.65 Å². The Morgan fingerprint density at radius 2 is 2.14 bits per heavy atom. The van der Waals surface area contributed by atoms with Crippen LogP contribution in [0, 0.1) is 6.92 Å². The predicted octanol–water partition coefficient (Wildman–Crippen LogP) is 2.41. The Labute approximate surface area is 129 Å². The minimum Gasteiger partial charge on any atom is -0.365 e. The Morgan fingerprint density at radius 3 is 2.95 bits per heavy atom. The van der Waals surface area contributed by atoms with Crippen LogP contribution in [0.5, 0.6) is 0 Å². The van der Waals surface area contributed by atoms with Gasteiger partial charge in [-0.2, -0.15) is 5.10 Å². The highest BCUT2D eigenvalue weighted by Crippen LogP contribution is 2.27. The molecular weight excluding hydrogens is 298 g/mol. The molecule has 0 saturated carbocycles. The van der Waals surface area contributed by atoms with Gasteiger partial charge in [0, 0.05) is 18.0 Å². The van der Waals surface area contributed by atoms with Crippen LogP contribution in [0.3, 0.4) is 0 Å². The number of carbonyl (C=O) groups is 1. The maximum absolute atomic E-state index is 11.3. The van der Waals surface area contributed by atoms with Crippen molar-refractivity contribution in [2.75, 3.05) is 0 Å². The van der Waals surface area contributed by atoms with Gasteiger partial charge in [-0.1, -0.05) is 6.07 Å². The average molecular weight is 309 g/mol. The SMILES string of the molecule is Cc1nc2cc(-c3cnc4c(C(N)=O)cnn4c3)ccc2s1. The summed E-state index contributed by atoms with van der Waals surface area (Å²) in [6.07, 6.45) is 4.97. The summed E-state index contributed by atoms with van der Waals surface area (Å²) in [5, 5.41) is 5.17. The molecule has 0 bridgehead atoms. The Morgan fingerprint density at radius 1 is 1.27 bits per heavy atom. The summed E-state index contributed by atoms with van der Waals surface area (Å²) in [7, 11) is 0. The first-order chi connectivity index (χ1) is 10.6. The van der Waals surface area contributed by atoms with Gasteiger partial charge < -0.3 is 5.73 Å². The van der Waals surface area contributed by atoms with Gasteiger partial charge in [0.05, 0.1) is 21.4 Å². The van der Waals surface area contributed by atoms with Crippen LogP contribution in [0.4, 0.5) is 0 Å². The number of benzene rings is 1. The minimum absolute atomic E-state index is 0.317. The number of fused-ring (bicyclic) bond motifs is 2. The highest BCUT2D eigenvalue weighted by Gasteiger charge is 2.12. The number of hydrogen-bond acceptors (Lipinski definition) is 5. The standard InChI is InChI=1S/C15H11N5OS/c1-8-19-12-4-9(2-3-13(12)22-8)10-5-17-15-11(14(16)21)6-18-20(15)7-10/h2-7H,1H3,(H2,16,21). The van der Waals surface area contributed by atoms with Crippen molar-refractivity contribution in [2.24, 2.45) is 5.73 Å². The first kappa shape index (κ1) is 12.9. The quantitative estimate of drug-likeness (QED) is 0.616. The molecule has 4 aromatic rings. The largest absolute Gasteiger partial charge is 0.365 e. The van der Waals surface area contributed by atoms with E-state index in [1.54, 1.807) is 22.0 Å². The van der Waals surface area contributed by atoms with Crippen molar-refractivity contribution in [1.82, 2.24) is 19.6 Å². The Hall–Kier alpha value is -2.80. The zero-order chi connectivity index (χ0) is 15.3. The molecule has 0 aliphatic rings. The van der Waals surface area contributed by atoms with E-state index in [1.165, 1.54) is 6.20 Å². The van der Waals surface area contributed by atoms with Crippen LogP contribution < -0.4 is 5.73 Å². The number of aromatic nitrogens is 4. The minimum atomic E-state index is -0.533. The third kappa shape index (κ3) is 1.94. The summed E-state index contributed by atoms with van der Waals surface area (Å²) in [6.45, 7) is 1.99. The molecule has 4 rings (SSSR count). The van der Waals surface area contributed by atoms with E-state index in [2.05, 4.69) is 21.1 Å². The Kier molecular flexibility index (Phi) is 2.70. The molecule has 0 atom stereocenters. The van der Waals surface area contributed by atoms with Crippen LogP contribution in [-0.2, 0) is 0 Å². The molecule has 0 radical (unpaired) electrons. The molecule has 0 fully saturated rings. The maximum atomic E-state index is 11.3. The fourth-order valence-corrected chi connectivity index (χ4v) is 3.23. The van der Waals surface area contributed by atoms with E-state index >= 15 is 0 Å². The molecule has 0 aliphatic heterocycles. The molecule has 3 heterocycles. The number of nitrogens with two attached hydrogens (primary N) is 1. The van der Waals surface area contributed by atoms with Crippen molar-refractivity contribution in [3.05, 3.63) is 47.4 Å². The lowest BCUT2D eigenvalue weighted by Crippen LogP contribution is -2.10. The van der Waals surface area contributed by atoms with Crippen molar-refractivity contribution >= 4 is 33.1 Å². The number of nitrogens with zero attached hydrogens (tertiary/aromatic N) is 4. The highest BCUT2D eigenvalue weighted by atomic mass is 32.1. The van der Waals surface area contributed by atoms with Crippen molar-refractivity contribution in [1.29, 1.82) is 0 Å². The predicted molar refractivity (Wildman–Crippen MR) is 84.9 cm³/mol. The van der Waals surface area contributed by atoms with E-state index in [4.69, 9.17) is 5.73 Å². The summed E-state index contributed by atoms with van der Waals surface area (Å²) in [6, 6.07) is 6.11. The van der Waals surface area contributed by atoms with Crippen LogP contribution in [0.15, 0.2) is 36.8 Å². The molecule has 0 aliphatic carbocycles. The molecule has 0 spiro atoms. The molecule has 1 amide bonds. The average Bonchev–Trinajstić information content (AvgIpc) is 3.07. The van der Waals surface area contributed by atoms with E-state index in [0.29, 0.717) is 11.2 Å². The number of amides is 1. The van der Waals surface area contributed by atoms with Crippen LogP contribution in [0.2, 0.25) is 0 Å². The van der Waals surface area contributed by atoms with Crippen LogP contribution in [-0.4, -0.2) is 25.5 Å². The first-order valence-corrected chi connectivity index (χ1v) is 7.44. The second-order valence-electron chi connectivity index (χ2n) is 4.95. The van der Waals surface area contributed by atoms with Crippen molar-refractivity contribution in [3.63, 3.8) is 0 Å². The van der Waals surface area contributed by atoms with E-state index in [0.717, 1.165) is 26.4 Å². The zero-order valence-corrected chi connectivity index (χ0v) is 12.5. The fraction of sp³-hybridized carbons (Fsp3) is 0.0667. The first-order valence-electron chi connectivity index (χ1n) is 6.62. The summed E-state index contributed by atoms with van der Waals surface area (Å²) in [5.74, 6) is -0.533. The van der Waals surface area contributed by atoms with Gasteiger partial charge in [-0.25, -0.2) is 14.5 Å². The highest BCUT2D eigenvalue weighted by molar-refractivity contribution is 7.18. The maximum Gasteiger partial charge on any atom is 0.254 e. The van der Waals surface area contributed by atoms with Gasteiger partial charge in [-0.05, 0) is 24.6 Å². The van der Waals surface area contributed by atoms with Crippen LogP contribution in [0.1, 0.15) is 15.4 Å². The van der Waals surface area contributed by atoms with Gasteiger partial charge in [0.1, 0.15) is 5.56 Å². The second-order valence-corrected chi connectivity index (χ2v) is 6.18. The molecule has 0 unspecified atom stereocenters. The van der Waals surface area contributed by atoms with E-state index in [9.17, 15) is 4.79 Å². The van der Waals surface area contributed by atoms with E-state index in [1.807, 2.05) is 25.3 Å². The van der Waals surface area contributed by atoms with Gasteiger partial charge in [-0.3, -0.25) is 4.79 Å². The molecule has 6 nitrogen and oxygen atoms in total. The number of carbonyl (C=O) groups excluding carboxylic acids is 1. The lowest BCUT2D eigenvalue weighted by molar-refractivity contribution is 0.100. The Bertz CT molecular complexity index is 1030. The van der Waals surface area contributed by atoms with Crippen molar-refractivity contribution in [3.8, 4) is 11.1 Å². The lowest BCUT2D eigenvalue weighted by atomic mass is 10.1. The van der Waals surface area contributed by atoms with Crippen LogP contribution in [0.25, 0.3) is 27.0 Å². The summed E-state index contributed by atoms with van der Waals surface area (Å²) in [4.78, 5) is 20.1. The Balaban J connectivity index is 1.86. The summed E-state index contributed by atoms with van der Waals surface area (Å²) >= 11 is 1.67.